The second-order valence-corrected chi connectivity index (χ2v) is 10.3. The molecule has 1 fully saturated rings. The monoisotopic (exact) mass is 515 g/mol. The molecule has 1 aliphatic heterocycles. The smallest absolute Gasteiger partial charge is 0.274 e. The molecular formula is C29H33N5O4. The van der Waals surface area contributed by atoms with E-state index in [1.165, 1.54) is 15.2 Å². The van der Waals surface area contributed by atoms with Crippen molar-refractivity contribution >= 4 is 16.8 Å². The molecule has 4 aromatic rings. The van der Waals surface area contributed by atoms with Crippen LogP contribution < -0.4 is 21.2 Å². The average Bonchev–Trinajstić information content (AvgIpc) is 3.33. The van der Waals surface area contributed by atoms with Gasteiger partial charge in [0.2, 0.25) is 0 Å². The summed E-state index contributed by atoms with van der Waals surface area (Å²) in [5, 5.41) is 3.66. The van der Waals surface area contributed by atoms with Gasteiger partial charge in [-0.2, -0.15) is 0 Å². The molecule has 0 spiro atoms. The Morgan fingerprint density at radius 3 is 2.34 bits per heavy atom. The third-order valence-corrected chi connectivity index (χ3v) is 7.37. The molecule has 2 N–H and O–H groups in total. The lowest BCUT2D eigenvalue weighted by molar-refractivity contribution is 0.0912. The molecule has 0 unspecified atom stereocenters. The standard InChI is InChI=1S/C29H33N5O4/c1-17-7-6-8-18(2)27(17)38-24-16-33(4)25(35)14-20(24)22-15-34(5)29(37)26-21(22)13-23(31-26)28(36)30-19-9-11-32(3)12-10-19/h6-8,13-16,19,31H,9-12H2,1-5H3,(H,30,36). The van der Waals surface area contributed by atoms with Crippen molar-refractivity contribution in [1.82, 2.24) is 24.3 Å². The molecule has 38 heavy (non-hydrogen) atoms. The Balaban J connectivity index is 1.61. The Bertz CT molecular complexity index is 1630. The van der Waals surface area contributed by atoms with Crippen molar-refractivity contribution in [3.63, 3.8) is 0 Å². The molecular weight excluding hydrogens is 482 g/mol. The van der Waals surface area contributed by atoms with E-state index in [1.807, 2.05) is 32.0 Å². The number of para-hydroxylation sites is 1. The number of carbonyl (C=O) groups excluding carboxylic acids is 1. The van der Waals surface area contributed by atoms with Crippen molar-refractivity contribution in [1.29, 1.82) is 0 Å². The van der Waals surface area contributed by atoms with Crippen molar-refractivity contribution in [2.75, 3.05) is 20.1 Å². The highest BCUT2D eigenvalue weighted by atomic mass is 16.5. The van der Waals surface area contributed by atoms with Crippen LogP contribution in [0.1, 0.15) is 34.5 Å². The van der Waals surface area contributed by atoms with Crippen molar-refractivity contribution in [3.8, 4) is 22.6 Å². The van der Waals surface area contributed by atoms with Gasteiger partial charge in [0, 0.05) is 48.9 Å². The molecule has 9 heteroatoms. The summed E-state index contributed by atoms with van der Waals surface area (Å²) in [6.45, 7) is 5.79. The molecule has 9 nitrogen and oxygen atoms in total. The summed E-state index contributed by atoms with van der Waals surface area (Å²) in [6.07, 6.45) is 5.09. The fourth-order valence-electron chi connectivity index (χ4n) is 5.05. The maximum absolute atomic E-state index is 13.1. The van der Waals surface area contributed by atoms with Gasteiger partial charge in [0.05, 0.1) is 6.20 Å². The maximum atomic E-state index is 13.1. The van der Waals surface area contributed by atoms with Gasteiger partial charge in [0.25, 0.3) is 17.0 Å². The number of ether oxygens (including phenoxy) is 1. The van der Waals surface area contributed by atoms with Crippen molar-refractivity contribution in [3.05, 3.63) is 80.3 Å². The van der Waals surface area contributed by atoms with Gasteiger partial charge in [-0.15, -0.1) is 0 Å². The minimum atomic E-state index is -0.261. The van der Waals surface area contributed by atoms with Crippen LogP contribution in [0.25, 0.3) is 22.0 Å². The van der Waals surface area contributed by atoms with Gasteiger partial charge in [-0.25, -0.2) is 0 Å². The number of H-pyrrole nitrogens is 1. The van der Waals surface area contributed by atoms with Crippen LogP contribution in [0.5, 0.6) is 11.5 Å². The quantitative estimate of drug-likeness (QED) is 0.424. The van der Waals surface area contributed by atoms with Crippen LogP contribution in [0.2, 0.25) is 0 Å². The van der Waals surface area contributed by atoms with Gasteiger partial charge in [-0.1, -0.05) is 18.2 Å². The molecule has 0 bridgehead atoms. The van der Waals surface area contributed by atoms with E-state index in [-0.39, 0.29) is 23.1 Å². The van der Waals surface area contributed by atoms with Crippen LogP contribution in [0.4, 0.5) is 0 Å². The molecule has 4 heterocycles. The Morgan fingerprint density at radius 1 is 0.974 bits per heavy atom. The molecule has 1 saturated heterocycles. The van der Waals surface area contributed by atoms with Crippen LogP contribution in [0.3, 0.4) is 0 Å². The largest absolute Gasteiger partial charge is 0.455 e. The van der Waals surface area contributed by atoms with E-state index in [9.17, 15) is 14.4 Å². The number of fused-ring (bicyclic) bond motifs is 1. The third kappa shape index (κ3) is 4.77. The summed E-state index contributed by atoms with van der Waals surface area (Å²) in [5.74, 6) is 0.934. The van der Waals surface area contributed by atoms with E-state index in [1.54, 1.807) is 32.6 Å². The number of amides is 1. The second kappa shape index (κ2) is 9.98. The van der Waals surface area contributed by atoms with E-state index >= 15 is 0 Å². The van der Waals surface area contributed by atoms with Gasteiger partial charge >= 0.3 is 0 Å². The van der Waals surface area contributed by atoms with Crippen molar-refractivity contribution in [2.24, 2.45) is 14.1 Å². The average molecular weight is 516 g/mol. The summed E-state index contributed by atoms with van der Waals surface area (Å²) >= 11 is 0. The van der Waals surface area contributed by atoms with Crippen LogP contribution in [0, 0.1) is 13.8 Å². The van der Waals surface area contributed by atoms with Crippen molar-refractivity contribution < 1.29 is 9.53 Å². The Hall–Kier alpha value is -4.11. The number of carbonyl (C=O) groups is 1. The van der Waals surface area contributed by atoms with Crippen LogP contribution in [-0.2, 0) is 14.1 Å². The number of nitrogens with zero attached hydrogens (tertiary/aromatic N) is 3. The molecule has 3 aromatic heterocycles. The zero-order valence-electron chi connectivity index (χ0n) is 22.4. The predicted octanol–water partition coefficient (Wildman–Crippen LogP) is 3.47. The second-order valence-electron chi connectivity index (χ2n) is 10.3. The normalized spacial score (nSPS) is 14.7. The summed E-state index contributed by atoms with van der Waals surface area (Å²) in [5.41, 5.74) is 3.22. The molecule has 198 valence electrons. The first-order chi connectivity index (χ1) is 18.1. The van der Waals surface area contributed by atoms with Crippen LogP contribution >= 0.6 is 0 Å². The highest BCUT2D eigenvalue weighted by molar-refractivity contribution is 6.03. The number of hydrogen-bond donors (Lipinski definition) is 2. The number of rotatable bonds is 5. The van der Waals surface area contributed by atoms with Gasteiger partial charge in [-0.05, 0) is 64.0 Å². The number of aromatic amines is 1. The lowest BCUT2D eigenvalue weighted by Crippen LogP contribution is -2.43. The molecule has 1 aliphatic rings. The number of aromatic nitrogens is 3. The molecule has 0 radical (unpaired) electrons. The first-order valence-corrected chi connectivity index (χ1v) is 12.8. The first kappa shape index (κ1) is 25.5. The van der Waals surface area contributed by atoms with Gasteiger partial charge in [-0.3, -0.25) is 14.4 Å². The molecule has 0 saturated carbocycles. The zero-order chi connectivity index (χ0) is 27.1. The fraction of sp³-hybridized carbons (Fsp3) is 0.345. The number of aryl methyl sites for hydroxylation is 4. The van der Waals surface area contributed by atoms with Gasteiger partial charge in [0.15, 0.2) is 5.75 Å². The Kier molecular flexibility index (Phi) is 6.71. The lowest BCUT2D eigenvalue weighted by Gasteiger charge is -2.29. The summed E-state index contributed by atoms with van der Waals surface area (Å²) in [7, 11) is 5.39. The first-order valence-electron chi connectivity index (χ1n) is 12.8. The molecule has 5 rings (SSSR count). The summed E-state index contributed by atoms with van der Waals surface area (Å²) in [6, 6.07) is 9.19. The molecule has 0 aliphatic carbocycles. The summed E-state index contributed by atoms with van der Waals surface area (Å²) < 4.78 is 9.32. The van der Waals surface area contributed by atoms with Crippen LogP contribution in [-0.4, -0.2) is 51.1 Å². The number of piperidine rings is 1. The topological polar surface area (TPSA) is 101 Å². The lowest BCUT2D eigenvalue weighted by atomic mass is 10.0. The number of hydrogen-bond acceptors (Lipinski definition) is 5. The van der Waals surface area contributed by atoms with E-state index in [0.717, 1.165) is 37.1 Å². The molecule has 0 atom stereocenters. The number of benzene rings is 1. The van der Waals surface area contributed by atoms with Gasteiger partial charge in [0.1, 0.15) is 17.0 Å². The van der Waals surface area contributed by atoms with E-state index in [4.69, 9.17) is 4.74 Å². The number of nitrogens with one attached hydrogen (secondary N) is 2. The highest BCUT2D eigenvalue weighted by Crippen LogP contribution is 2.37. The Morgan fingerprint density at radius 2 is 1.66 bits per heavy atom. The highest BCUT2D eigenvalue weighted by Gasteiger charge is 2.23. The number of likely N-dealkylation sites (tertiary alicyclic amines) is 1. The predicted molar refractivity (Wildman–Crippen MR) is 148 cm³/mol. The van der Waals surface area contributed by atoms with Gasteiger partial charge < -0.3 is 29.1 Å². The number of pyridine rings is 2. The summed E-state index contributed by atoms with van der Waals surface area (Å²) in [4.78, 5) is 44.3. The van der Waals surface area contributed by atoms with E-state index < -0.39 is 0 Å². The molecule has 1 amide bonds. The van der Waals surface area contributed by atoms with E-state index in [0.29, 0.717) is 39.2 Å². The Labute approximate surface area is 220 Å². The minimum Gasteiger partial charge on any atom is -0.455 e. The minimum absolute atomic E-state index is 0.0851. The molecule has 1 aromatic carbocycles. The fourth-order valence-corrected chi connectivity index (χ4v) is 5.05. The maximum Gasteiger partial charge on any atom is 0.274 e. The zero-order valence-corrected chi connectivity index (χ0v) is 22.4. The van der Waals surface area contributed by atoms with Crippen LogP contribution in [0.15, 0.2) is 52.3 Å². The van der Waals surface area contributed by atoms with E-state index in [2.05, 4.69) is 22.2 Å². The third-order valence-electron chi connectivity index (χ3n) is 7.37. The van der Waals surface area contributed by atoms with Crippen molar-refractivity contribution in [2.45, 2.75) is 32.7 Å². The SMILES string of the molecule is Cc1cccc(C)c1Oc1cn(C)c(=O)cc1-c1cn(C)c(=O)c2[nH]c(C(=O)NC3CCN(C)CC3)cc12.